The fourth-order valence-electron chi connectivity index (χ4n) is 1.15. The van der Waals surface area contributed by atoms with Gasteiger partial charge in [0.05, 0.1) is 11.6 Å². The van der Waals surface area contributed by atoms with Crippen LogP contribution in [0.2, 0.25) is 0 Å². The van der Waals surface area contributed by atoms with Crippen LogP contribution in [0.15, 0.2) is 22.6 Å². The van der Waals surface area contributed by atoms with Crippen molar-refractivity contribution in [1.29, 1.82) is 5.26 Å². The summed E-state index contributed by atoms with van der Waals surface area (Å²) >= 11 is 0. The van der Waals surface area contributed by atoms with Crippen LogP contribution in [0.3, 0.4) is 0 Å². The van der Waals surface area contributed by atoms with Gasteiger partial charge in [0.2, 0.25) is 5.78 Å². The van der Waals surface area contributed by atoms with Crippen molar-refractivity contribution >= 4 is 16.9 Å². The molecule has 2 aromatic rings. The fourth-order valence-corrected chi connectivity index (χ4v) is 1.15. The molecule has 0 saturated carbocycles. The van der Waals surface area contributed by atoms with Crippen LogP contribution in [0.25, 0.3) is 11.1 Å². The van der Waals surface area contributed by atoms with Crippen LogP contribution in [0.5, 0.6) is 0 Å². The minimum absolute atomic E-state index is 0.0788. The van der Waals surface area contributed by atoms with Gasteiger partial charge in [-0.2, -0.15) is 5.26 Å². The molecule has 0 fully saturated rings. The first-order chi connectivity index (χ1) is 6.70. The molecule has 0 spiro atoms. The van der Waals surface area contributed by atoms with E-state index in [1.807, 2.05) is 6.07 Å². The predicted molar refractivity (Wildman–Crippen MR) is 48.7 cm³/mol. The number of hydrogen-bond donors (Lipinski definition) is 0. The molecule has 68 valence electrons. The summed E-state index contributed by atoms with van der Waals surface area (Å²) in [5, 5.41) is 8.64. The second-order valence-electron chi connectivity index (χ2n) is 2.87. The van der Waals surface area contributed by atoms with E-state index in [1.54, 1.807) is 18.2 Å². The van der Waals surface area contributed by atoms with E-state index in [4.69, 9.17) is 9.68 Å². The molecule has 4 heteroatoms. The standard InChI is InChI=1S/C10H6N2O2/c1-6(13)10-12-8-4-7(5-11)2-3-9(8)14-10/h2-4H,1H3. The molecule has 0 atom stereocenters. The van der Waals surface area contributed by atoms with Gasteiger partial charge in [-0.1, -0.05) is 0 Å². The molecule has 0 aliphatic rings. The molecule has 0 aliphatic carbocycles. The van der Waals surface area contributed by atoms with Gasteiger partial charge in [-0.25, -0.2) is 4.98 Å². The lowest BCUT2D eigenvalue weighted by Gasteiger charge is -1.85. The molecule has 0 radical (unpaired) electrons. The van der Waals surface area contributed by atoms with Gasteiger partial charge in [-0.3, -0.25) is 4.79 Å². The van der Waals surface area contributed by atoms with Gasteiger partial charge in [-0.15, -0.1) is 0 Å². The molecular formula is C10H6N2O2. The zero-order valence-electron chi connectivity index (χ0n) is 7.44. The van der Waals surface area contributed by atoms with Crippen molar-refractivity contribution in [3.05, 3.63) is 29.7 Å². The van der Waals surface area contributed by atoms with Gasteiger partial charge < -0.3 is 4.42 Å². The van der Waals surface area contributed by atoms with Crippen LogP contribution >= 0.6 is 0 Å². The van der Waals surface area contributed by atoms with Crippen LogP contribution in [0, 0.1) is 11.3 Å². The van der Waals surface area contributed by atoms with Gasteiger partial charge in [-0.05, 0) is 18.2 Å². The van der Waals surface area contributed by atoms with E-state index >= 15 is 0 Å². The summed E-state index contributed by atoms with van der Waals surface area (Å²) < 4.78 is 5.16. The van der Waals surface area contributed by atoms with E-state index in [-0.39, 0.29) is 11.7 Å². The van der Waals surface area contributed by atoms with Crippen molar-refractivity contribution in [2.75, 3.05) is 0 Å². The lowest BCUT2D eigenvalue weighted by molar-refractivity contribution is 0.0983. The number of ketones is 1. The molecule has 0 N–H and O–H groups in total. The first-order valence-electron chi connectivity index (χ1n) is 4.02. The highest BCUT2D eigenvalue weighted by Gasteiger charge is 2.09. The molecule has 0 unspecified atom stereocenters. The number of carbonyl (C=O) groups excluding carboxylic acids is 1. The number of rotatable bonds is 1. The molecule has 0 saturated heterocycles. The largest absolute Gasteiger partial charge is 0.434 e. The molecule has 1 heterocycles. The third-order valence-corrected chi connectivity index (χ3v) is 1.82. The highest BCUT2D eigenvalue weighted by Crippen LogP contribution is 2.16. The van der Waals surface area contributed by atoms with Gasteiger partial charge in [0.25, 0.3) is 5.89 Å². The SMILES string of the molecule is CC(=O)c1nc2cc(C#N)ccc2o1. The average molecular weight is 186 g/mol. The molecule has 1 aromatic heterocycles. The lowest BCUT2D eigenvalue weighted by atomic mass is 10.2. The summed E-state index contributed by atoms with van der Waals surface area (Å²) in [4.78, 5) is 14.9. The van der Waals surface area contributed by atoms with E-state index in [2.05, 4.69) is 4.98 Å². The van der Waals surface area contributed by atoms with E-state index in [0.717, 1.165) is 0 Å². The fraction of sp³-hybridized carbons (Fsp3) is 0.100. The number of benzene rings is 1. The summed E-state index contributed by atoms with van der Waals surface area (Å²) in [5.74, 6) is -0.144. The summed E-state index contributed by atoms with van der Waals surface area (Å²) in [7, 11) is 0. The number of nitrogens with zero attached hydrogens (tertiary/aromatic N) is 2. The zero-order valence-corrected chi connectivity index (χ0v) is 7.44. The Kier molecular flexibility index (Phi) is 1.79. The highest BCUT2D eigenvalue weighted by molar-refractivity contribution is 5.92. The minimum Gasteiger partial charge on any atom is -0.434 e. The first-order valence-corrected chi connectivity index (χ1v) is 4.02. The third kappa shape index (κ3) is 1.25. The normalized spacial score (nSPS) is 10.0. The van der Waals surface area contributed by atoms with Crippen molar-refractivity contribution in [3.8, 4) is 6.07 Å². The Bertz CT molecular complexity index is 549. The van der Waals surface area contributed by atoms with E-state index < -0.39 is 0 Å². The molecule has 0 bridgehead atoms. The highest BCUT2D eigenvalue weighted by atomic mass is 16.4. The van der Waals surface area contributed by atoms with Crippen LogP contribution < -0.4 is 0 Å². The number of oxazole rings is 1. The Labute approximate surface area is 79.8 Å². The van der Waals surface area contributed by atoms with Crippen LogP contribution in [-0.2, 0) is 0 Å². The topological polar surface area (TPSA) is 66.9 Å². The number of aromatic nitrogens is 1. The van der Waals surface area contributed by atoms with Crippen LogP contribution in [0.4, 0.5) is 0 Å². The molecule has 1 aromatic carbocycles. The molecule has 0 amide bonds. The Morgan fingerprint density at radius 3 is 3.00 bits per heavy atom. The molecular weight excluding hydrogens is 180 g/mol. The smallest absolute Gasteiger partial charge is 0.263 e. The Hall–Kier alpha value is -2.15. The Morgan fingerprint density at radius 1 is 1.57 bits per heavy atom. The third-order valence-electron chi connectivity index (χ3n) is 1.82. The maximum Gasteiger partial charge on any atom is 0.263 e. The number of hydrogen-bond acceptors (Lipinski definition) is 4. The Balaban J connectivity index is 2.67. The Morgan fingerprint density at radius 2 is 2.36 bits per heavy atom. The maximum absolute atomic E-state index is 10.9. The number of fused-ring (bicyclic) bond motifs is 1. The van der Waals surface area contributed by atoms with Crippen molar-refractivity contribution in [2.24, 2.45) is 0 Å². The summed E-state index contributed by atoms with van der Waals surface area (Å²) in [6.45, 7) is 1.38. The predicted octanol–water partition coefficient (Wildman–Crippen LogP) is 1.90. The van der Waals surface area contributed by atoms with Crippen molar-refractivity contribution < 1.29 is 9.21 Å². The van der Waals surface area contributed by atoms with Gasteiger partial charge in [0, 0.05) is 6.92 Å². The van der Waals surface area contributed by atoms with Crippen molar-refractivity contribution in [3.63, 3.8) is 0 Å². The number of Topliss-reactive ketones (excluding diaryl/α,β-unsaturated/α-hetero) is 1. The molecule has 2 rings (SSSR count). The summed E-state index contributed by atoms with van der Waals surface area (Å²) in [6, 6.07) is 6.83. The minimum atomic E-state index is -0.222. The van der Waals surface area contributed by atoms with Crippen molar-refractivity contribution in [2.45, 2.75) is 6.92 Å². The molecule has 4 nitrogen and oxygen atoms in total. The summed E-state index contributed by atoms with van der Waals surface area (Å²) in [6.07, 6.45) is 0. The van der Waals surface area contributed by atoms with Crippen LogP contribution in [-0.4, -0.2) is 10.8 Å². The number of nitriles is 1. The van der Waals surface area contributed by atoms with Crippen LogP contribution in [0.1, 0.15) is 23.2 Å². The maximum atomic E-state index is 10.9. The van der Waals surface area contributed by atoms with E-state index in [0.29, 0.717) is 16.7 Å². The second-order valence-corrected chi connectivity index (χ2v) is 2.87. The quantitative estimate of drug-likeness (QED) is 0.638. The average Bonchev–Trinajstić information content (AvgIpc) is 2.59. The first kappa shape index (κ1) is 8.45. The van der Waals surface area contributed by atoms with Gasteiger partial charge in [0.1, 0.15) is 5.52 Å². The van der Waals surface area contributed by atoms with Gasteiger partial charge >= 0.3 is 0 Å². The summed E-state index contributed by atoms with van der Waals surface area (Å²) in [5.41, 5.74) is 1.56. The lowest BCUT2D eigenvalue weighted by Crippen LogP contribution is -1.89. The molecule has 14 heavy (non-hydrogen) atoms. The second kappa shape index (κ2) is 2.96. The van der Waals surface area contributed by atoms with Gasteiger partial charge in [0.15, 0.2) is 5.58 Å². The van der Waals surface area contributed by atoms with E-state index in [9.17, 15) is 4.79 Å². The van der Waals surface area contributed by atoms with Crippen molar-refractivity contribution in [1.82, 2.24) is 4.98 Å². The number of carbonyl (C=O) groups is 1. The zero-order chi connectivity index (χ0) is 10.1. The monoisotopic (exact) mass is 186 g/mol. The molecule has 0 aliphatic heterocycles. The van der Waals surface area contributed by atoms with E-state index in [1.165, 1.54) is 6.92 Å².